The molecule has 3 rings (SSSR count). The average molecular weight is 352 g/mol. The van der Waals surface area contributed by atoms with Crippen LogP contribution in [0.15, 0.2) is 60.9 Å². The number of rotatable bonds is 7. The largest absolute Gasteiger partial charge is 0.305 e. The van der Waals surface area contributed by atoms with Crippen LogP contribution in [0.5, 0.6) is 0 Å². The van der Waals surface area contributed by atoms with Crippen LogP contribution in [0.4, 0.5) is 5.82 Å². The highest BCUT2D eigenvalue weighted by atomic mass is 32.2. The van der Waals surface area contributed by atoms with Crippen molar-refractivity contribution in [3.05, 3.63) is 77.7 Å². The molecule has 0 unspecified atom stereocenters. The standard InChI is InChI=1S/C19H20N4OS/c1-2-25-14-15-6-8-16(9-7-15)19(24)21-18-10-12-23(22-18)13-17-5-3-4-11-20-17/h3-12H,2,13-14H2,1H3,(H,21,22,24). The van der Waals surface area contributed by atoms with Gasteiger partial charge >= 0.3 is 0 Å². The number of aromatic nitrogens is 3. The molecule has 25 heavy (non-hydrogen) atoms. The van der Waals surface area contributed by atoms with Crippen molar-refractivity contribution in [2.45, 2.75) is 19.2 Å². The molecule has 0 bridgehead atoms. The molecule has 2 aromatic heterocycles. The number of anilines is 1. The first-order valence-corrected chi connectivity index (χ1v) is 9.31. The van der Waals surface area contributed by atoms with Gasteiger partial charge in [-0.25, -0.2) is 0 Å². The van der Waals surface area contributed by atoms with E-state index in [0.29, 0.717) is 17.9 Å². The fourth-order valence-corrected chi connectivity index (χ4v) is 2.97. The molecule has 1 N–H and O–H groups in total. The summed E-state index contributed by atoms with van der Waals surface area (Å²) in [7, 11) is 0. The monoisotopic (exact) mass is 352 g/mol. The summed E-state index contributed by atoms with van der Waals surface area (Å²) in [6.07, 6.45) is 3.58. The SMILES string of the molecule is CCSCc1ccc(C(=O)Nc2ccn(Cc3ccccn3)n2)cc1. The van der Waals surface area contributed by atoms with Crippen molar-refractivity contribution >= 4 is 23.5 Å². The molecule has 0 aliphatic carbocycles. The van der Waals surface area contributed by atoms with Gasteiger partial charge < -0.3 is 5.32 Å². The predicted octanol–water partition coefficient (Wildman–Crippen LogP) is 3.83. The van der Waals surface area contributed by atoms with E-state index >= 15 is 0 Å². The molecule has 5 nitrogen and oxygen atoms in total. The Morgan fingerprint density at radius 1 is 1.16 bits per heavy atom. The van der Waals surface area contributed by atoms with Crippen LogP contribution in [0, 0.1) is 0 Å². The molecule has 3 aromatic rings. The summed E-state index contributed by atoms with van der Waals surface area (Å²) in [5, 5.41) is 7.20. The fourth-order valence-electron chi connectivity index (χ4n) is 2.33. The molecule has 0 saturated carbocycles. The van der Waals surface area contributed by atoms with E-state index in [4.69, 9.17) is 0 Å². The number of pyridine rings is 1. The van der Waals surface area contributed by atoms with E-state index < -0.39 is 0 Å². The highest BCUT2D eigenvalue weighted by molar-refractivity contribution is 7.98. The van der Waals surface area contributed by atoms with Gasteiger partial charge in [-0.2, -0.15) is 16.9 Å². The fraction of sp³-hybridized carbons (Fsp3) is 0.211. The number of carbonyl (C=O) groups excluding carboxylic acids is 1. The van der Waals surface area contributed by atoms with Crippen LogP contribution in [-0.4, -0.2) is 26.4 Å². The van der Waals surface area contributed by atoms with Gasteiger partial charge in [-0.15, -0.1) is 0 Å². The Morgan fingerprint density at radius 3 is 2.72 bits per heavy atom. The van der Waals surface area contributed by atoms with Gasteiger partial charge in [-0.1, -0.05) is 25.1 Å². The van der Waals surface area contributed by atoms with Crippen molar-refractivity contribution in [1.82, 2.24) is 14.8 Å². The van der Waals surface area contributed by atoms with Gasteiger partial charge in [0.05, 0.1) is 12.2 Å². The second-order valence-electron chi connectivity index (χ2n) is 5.51. The van der Waals surface area contributed by atoms with Crippen LogP contribution in [0.2, 0.25) is 0 Å². The van der Waals surface area contributed by atoms with Crippen LogP contribution in [0.1, 0.15) is 28.5 Å². The first-order chi connectivity index (χ1) is 12.2. The lowest BCUT2D eigenvalue weighted by Gasteiger charge is -2.04. The Balaban J connectivity index is 1.59. The smallest absolute Gasteiger partial charge is 0.256 e. The zero-order valence-electron chi connectivity index (χ0n) is 14.1. The van der Waals surface area contributed by atoms with Crippen LogP contribution in [0.25, 0.3) is 0 Å². The van der Waals surface area contributed by atoms with Gasteiger partial charge in [-0.05, 0) is 35.6 Å². The lowest BCUT2D eigenvalue weighted by Crippen LogP contribution is -2.13. The number of benzene rings is 1. The minimum Gasteiger partial charge on any atom is -0.305 e. The normalized spacial score (nSPS) is 10.6. The maximum absolute atomic E-state index is 12.3. The minimum absolute atomic E-state index is 0.155. The molecular weight excluding hydrogens is 332 g/mol. The quantitative estimate of drug-likeness (QED) is 0.702. The Kier molecular flexibility index (Phi) is 5.85. The summed E-state index contributed by atoms with van der Waals surface area (Å²) in [4.78, 5) is 16.6. The molecule has 0 atom stereocenters. The van der Waals surface area contributed by atoms with Crippen molar-refractivity contribution in [2.24, 2.45) is 0 Å². The van der Waals surface area contributed by atoms with Gasteiger partial charge in [0.25, 0.3) is 5.91 Å². The summed E-state index contributed by atoms with van der Waals surface area (Å²) >= 11 is 1.86. The molecule has 0 aliphatic rings. The van der Waals surface area contributed by atoms with E-state index in [9.17, 15) is 4.79 Å². The maximum atomic E-state index is 12.3. The van der Waals surface area contributed by atoms with Crippen molar-refractivity contribution in [3.63, 3.8) is 0 Å². The highest BCUT2D eigenvalue weighted by Gasteiger charge is 2.08. The van der Waals surface area contributed by atoms with Crippen molar-refractivity contribution in [2.75, 3.05) is 11.1 Å². The lowest BCUT2D eigenvalue weighted by atomic mass is 10.1. The van der Waals surface area contributed by atoms with Gasteiger partial charge in [0.2, 0.25) is 0 Å². The number of nitrogens with one attached hydrogen (secondary N) is 1. The molecule has 0 fully saturated rings. The number of hydrogen-bond donors (Lipinski definition) is 1. The van der Waals surface area contributed by atoms with Gasteiger partial charge in [-0.3, -0.25) is 14.5 Å². The minimum atomic E-state index is -0.155. The predicted molar refractivity (Wildman–Crippen MR) is 102 cm³/mol. The van der Waals surface area contributed by atoms with E-state index in [1.54, 1.807) is 16.9 Å². The molecule has 1 aromatic carbocycles. The molecule has 2 heterocycles. The number of hydrogen-bond acceptors (Lipinski definition) is 4. The Morgan fingerprint density at radius 2 is 2.00 bits per heavy atom. The van der Waals surface area contributed by atoms with Gasteiger partial charge in [0, 0.05) is 29.8 Å². The molecule has 1 amide bonds. The molecule has 128 valence electrons. The summed E-state index contributed by atoms with van der Waals surface area (Å²) in [6, 6.07) is 15.2. The van der Waals surface area contributed by atoms with Crippen molar-refractivity contribution in [1.29, 1.82) is 0 Å². The number of amides is 1. The molecule has 6 heteroatoms. The van der Waals surface area contributed by atoms with Crippen LogP contribution < -0.4 is 5.32 Å². The van der Waals surface area contributed by atoms with Gasteiger partial charge in [0.1, 0.15) is 0 Å². The Labute approximate surface area is 151 Å². The van der Waals surface area contributed by atoms with Gasteiger partial charge in [0.15, 0.2) is 5.82 Å². The number of thioether (sulfide) groups is 1. The maximum Gasteiger partial charge on any atom is 0.256 e. The number of nitrogens with zero attached hydrogens (tertiary/aromatic N) is 3. The molecule has 0 aliphatic heterocycles. The molecule has 0 saturated heterocycles. The molecular formula is C19H20N4OS. The third-order valence-electron chi connectivity index (χ3n) is 3.62. The van der Waals surface area contributed by atoms with E-state index in [1.165, 1.54) is 5.56 Å². The van der Waals surface area contributed by atoms with Crippen molar-refractivity contribution < 1.29 is 4.79 Å². The van der Waals surface area contributed by atoms with Crippen molar-refractivity contribution in [3.8, 4) is 0 Å². The summed E-state index contributed by atoms with van der Waals surface area (Å²) in [6.45, 7) is 2.71. The van der Waals surface area contributed by atoms with E-state index in [-0.39, 0.29) is 5.91 Å². The van der Waals surface area contributed by atoms with E-state index in [0.717, 1.165) is 17.2 Å². The third-order valence-corrected chi connectivity index (χ3v) is 4.57. The summed E-state index contributed by atoms with van der Waals surface area (Å²) < 4.78 is 1.75. The van der Waals surface area contributed by atoms with E-state index in [1.807, 2.05) is 60.4 Å². The Hall–Kier alpha value is -2.60. The lowest BCUT2D eigenvalue weighted by molar-refractivity contribution is 0.102. The van der Waals surface area contributed by atoms with Crippen LogP contribution in [0.3, 0.4) is 0 Å². The second-order valence-corrected chi connectivity index (χ2v) is 6.78. The zero-order valence-corrected chi connectivity index (χ0v) is 14.9. The highest BCUT2D eigenvalue weighted by Crippen LogP contribution is 2.14. The third kappa shape index (κ3) is 4.93. The average Bonchev–Trinajstić information content (AvgIpc) is 3.08. The Bertz CT molecular complexity index is 815. The first kappa shape index (κ1) is 17.2. The van der Waals surface area contributed by atoms with Crippen LogP contribution >= 0.6 is 11.8 Å². The van der Waals surface area contributed by atoms with E-state index in [2.05, 4.69) is 22.3 Å². The number of carbonyl (C=O) groups is 1. The zero-order chi connectivity index (χ0) is 17.5. The molecule has 0 radical (unpaired) electrons. The first-order valence-electron chi connectivity index (χ1n) is 8.16. The molecule has 0 spiro atoms. The second kappa shape index (κ2) is 8.48. The summed E-state index contributed by atoms with van der Waals surface area (Å²) in [5.41, 5.74) is 2.77. The van der Waals surface area contributed by atoms with Crippen LogP contribution in [-0.2, 0) is 12.3 Å². The summed E-state index contributed by atoms with van der Waals surface area (Å²) in [5.74, 6) is 2.43. The topological polar surface area (TPSA) is 59.8 Å².